The van der Waals surface area contributed by atoms with Crippen LogP contribution in [-0.4, -0.2) is 47.2 Å². The Kier molecular flexibility index (Phi) is 4.22. The average molecular weight is 251 g/mol. The van der Waals surface area contributed by atoms with E-state index in [-0.39, 0.29) is 12.5 Å². The van der Waals surface area contributed by atoms with Crippen molar-refractivity contribution in [2.24, 2.45) is 5.92 Å². The molecule has 18 heavy (non-hydrogen) atoms. The van der Waals surface area contributed by atoms with E-state index < -0.39 is 12.2 Å². The molecule has 3 atom stereocenters. The Morgan fingerprint density at radius 3 is 2.61 bits per heavy atom. The van der Waals surface area contributed by atoms with E-state index in [1.807, 2.05) is 18.2 Å². The lowest BCUT2D eigenvalue weighted by Gasteiger charge is -2.40. The largest absolute Gasteiger partial charge is 0.396 e. The second-order valence-corrected chi connectivity index (χ2v) is 4.89. The second-order valence-electron chi connectivity index (χ2n) is 4.89. The maximum Gasteiger partial charge on any atom is 0.0977 e. The van der Waals surface area contributed by atoms with E-state index in [9.17, 15) is 15.3 Å². The Morgan fingerprint density at radius 1 is 1.22 bits per heavy atom. The number of anilines is 1. The number of β-amino-alcohol motifs (C(OH)–C–C–N with tert-alkyl or cyclic N) is 1. The molecule has 1 fully saturated rings. The second kappa shape index (κ2) is 5.69. The SMILES string of the molecule is CCc1ccccc1N1C[C@H](CO)[C@H](O)[C@H](O)C1. The summed E-state index contributed by atoms with van der Waals surface area (Å²) in [6, 6.07) is 8.07. The molecule has 0 radical (unpaired) electrons. The summed E-state index contributed by atoms with van der Waals surface area (Å²) in [6.07, 6.45) is -0.712. The molecule has 1 heterocycles. The first-order chi connectivity index (χ1) is 8.67. The Bertz CT molecular complexity index is 396. The molecular weight excluding hydrogens is 230 g/mol. The van der Waals surface area contributed by atoms with Gasteiger partial charge in [-0.1, -0.05) is 25.1 Å². The first kappa shape index (κ1) is 13.3. The highest BCUT2D eigenvalue weighted by atomic mass is 16.3. The van der Waals surface area contributed by atoms with Crippen LogP contribution >= 0.6 is 0 Å². The lowest BCUT2D eigenvalue weighted by Crippen LogP contribution is -2.53. The monoisotopic (exact) mass is 251 g/mol. The van der Waals surface area contributed by atoms with Gasteiger partial charge in [-0.2, -0.15) is 0 Å². The molecule has 2 rings (SSSR count). The molecule has 1 saturated heterocycles. The van der Waals surface area contributed by atoms with Gasteiger partial charge in [-0.15, -0.1) is 0 Å². The van der Waals surface area contributed by atoms with E-state index >= 15 is 0 Å². The predicted molar refractivity (Wildman–Crippen MR) is 70.6 cm³/mol. The Labute approximate surface area is 107 Å². The maximum absolute atomic E-state index is 9.87. The molecule has 3 N–H and O–H groups in total. The van der Waals surface area contributed by atoms with Gasteiger partial charge in [-0.3, -0.25) is 0 Å². The van der Waals surface area contributed by atoms with Crippen LogP contribution in [0.3, 0.4) is 0 Å². The molecule has 0 aliphatic carbocycles. The highest BCUT2D eigenvalue weighted by Crippen LogP contribution is 2.27. The molecule has 4 heteroatoms. The third kappa shape index (κ3) is 2.51. The minimum absolute atomic E-state index is 0.108. The third-order valence-electron chi connectivity index (χ3n) is 3.69. The van der Waals surface area contributed by atoms with Crippen LogP contribution < -0.4 is 4.90 Å². The Hall–Kier alpha value is -1.10. The van der Waals surface area contributed by atoms with Gasteiger partial charge in [0.15, 0.2) is 0 Å². The van der Waals surface area contributed by atoms with Crippen LogP contribution in [0.4, 0.5) is 5.69 Å². The van der Waals surface area contributed by atoms with Crippen LogP contribution in [0.1, 0.15) is 12.5 Å². The van der Waals surface area contributed by atoms with Crippen molar-refractivity contribution in [1.29, 1.82) is 0 Å². The first-order valence-corrected chi connectivity index (χ1v) is 6.47. The number of nitrogens with zero attached hydrogens (tertiary/aromatic N) is 1. The third-order valence-corrected chi connectivity index (χ3v) is 3.69. The van der Waals surface area contributed by atoms with E-state index in [0.717, 1.165) is 12.1 Å². The fraction of sp³-hybridized carbons (Fsp3) is 0.571. The van der Waals surface area contributed by atoms with Gasteiger partial charge in [0.05, 0.1) is 18.8 Å². The van der Waals surface area contributed by atoms with Crippen molar-refractivity contribution >= 4 is 5.69 Å². The van der Waals surface area contributed by atoms with Crippen molar-refractivity contribution in [3.05, 3.63) is 29.8 Å². The molecule has 0 aromatic heterocycles. The molecule has 0 unspecified atom stereocenters. The molecule has 0 saturated carbocycles. The number of aryl methyl sites for hydroxylation is 1. The quantitative estimate of drug-likeness (QED) is 0.727. The van der Waals surface area contributed by atoms with Crippen molar-refractivity contribution in [1.82, 2.24) is 0 Å². The Morgan fingerprint density at radius 2 is 1.94 bits per heavy atom. The summed E-state index contributed by atoms with van der Waals surface area (Å²) in [7, 11) is 0. The van der Waals surface area contributed by atoms with E-state index in [4.69, 9.17) is 0 Å². The number of hydrogen-bond donors (Lipinski definition) is 3. The van der Waals surface area contributed by atoms with Gasteiger partial charge in [-0.25, -0.2) is 0 Å². The topological polar surface area (TPSA) is 63.9 Å². The number of aliphatic hydroxyl groups is 3. The molecule has 1 aromatic carbocycles. The number of piperidine rings is 1. The average Bonchev–Trinajstić information content (AvgIpc) is 2.41. The lowest BCUT2D eigenvalue weighted by atomic mass is 9.92. The van der Waals surface area contributed by atoms with Crippen molar-refractivity contribution in [2.75, 3.05) is 24.6 Å². The van der Waals surface area contributed by atoms with Crippen LogP contribution in [0.5, 0.6) is 0 Å². The summed E-state index contributed by atoms with van der Waals surface area (Å²) in [6.45, 7) is 2.97. The van der Waals surface area contributed by atoms with Crippen LogP contribution in [0, 0.1) is 5.92 Å². The summed E-state index contributed by atoms with van der Waals surface area (Å²) in [5.41, 5.74) is 2.31. The molecule has 1 aliphatic heterocycles. The summed E-state index contributed by atoms with van der Waals surface area (Å²) in [4.78, 5) is 2.05. The smallest absolute Gasteiger partial charge is 0.0977 e. The number of rotatable bonds is 3. The van der Waals surface area contributed by atoms with Crippen molar-refractivity contribution in [2.45, 2.75) is 25.6 Å². The molecule has 4 nitrogen and oxygen atoms in total. The lowest BCUT2D eigenvalue weighted by molar-refractivity contribution is -0.0411. The molecule has 1 aliphatic rings. The number of benzene rings is 1. The minimum atomic E-state index is -0.833. The number of para-hydroxylation sites is 1. The fourth-order valence-electron chi connectivity index (χ4n) is 2.59. The standard InChI is InChI=1S/C14H21NO3/c1-2-10-5-3-4-6-12(10)15-7-11(9-16)14(18)13(17)8-15/h3-6,11,13-14,16-18H,2,7-9H2,1H3/t11-,13-,14+/m1/s1. The van der Waals surface area contributed by atoms with Crippen LogP contribution in [0.15, 0.2) is 24.3 Å². The summed E-state index contributed by atoms with van der Waals surface area (Å²) < 4.78 is 0. The van der Waals surface area contributed by atoms with Gasteiger partial charge in [-0.05, 0) is 18.1 Å². The molecule has 1 aromatic rings. The number of hydrogen-bond acceptors (Lipinski definition) is 4. The summed E-state index contributed by atoms with van der Waals surface area (Å²) >= 11 is 0. The van der Waals surface area contributed by atoms with E-state index in [2.05, 4.69) is 17.9 Å². The zero-order valence-electron chi connectivity index (χ0n) is 10.7. The molecule has 100 valence electrons. The Balaban J connectivity index is 2.23. The number of aliphatic hydroxyl groups excluding tert-OH is 3. The van der Waals surface area contributed by atoms with Gasteiger partial charge in [0.1, 0.15) is 0 Å². The molecular formula is C14H21NO3. The highest BCUT2D eigenvalue weighted by molar-refractivity contribution is 5.54. The summed E-state index contributed by atoms with van der Waals surface area (Å²) in [5.74, 6) is -0.293. The molecule has 0 spiro atoms. The van der Waals surface area contributed by atoms with Gasteiger partial charge >= 0.3 is 0 Å². The maximum atomic E-state index is 9.87. The van der Waals surface area contributed by atoms with Gasteiger partial charge in [0.25, 0.3) is 0 Å². The zero-order chi connectivity index (χ0) is 13.1. The van der Waals surface area contributed by atoms with Crippen LogP contribution in [0.25, 0.3) is 0 Å². The minimum Gasteiger partial charge on any atom is -0.396 e. The van der Waals surface area contributed by atoms with Crippen molar-refractivity contribution < 1.29 is 15.3 Å². The van der Waals surface area contributed by atoms with Crippen molar-refractivity contribution in [3.8, 4) is 0 Å². The molecule has 0 bridgehead atoms. The molecule has 0 amide bonds. The van der Waals surface area contributed by atoms with E-state index in [1.165, 1.54) is 5.56 Å². The van der Waals surface area contributed by atoms with E-state index in [0.29, 0.717) is 13.1 Å². The summed E-state index contributed by atoms with van der Waals surface area (Å²) in [5, 5.41) is 28.9. The highest BCUT2D eigenvalue weighted by Gasteiger charge is 2.34. The predicted octanol–water partition coefficient (Wildman–Crippen LogP) is 0.399. The van der Waals surface area contributed by atoms with Gasteiger partial charge in [0.2, 0.25) is 0 Å². The van der Waals surface area contributed by atoms with Crippen LogP contribution in [0.2, 0.25) is 0 Å². The zero-order valence-corrected chi connectivity index (χ0v) is 10.7. The fourth-order valence-corrected chi connectivity index (χ4v) is 2.59. The van der Waals surface area contributed by atoms with Gasteiger partial charge in [0, 0.05) is 24.7 Å². The van der Waals surface area contributed by atoms with Gasteiger partial charge < -0.3 is 20.2 Å². The normalized spacial score (nSPS) is 28.4. The van der Waals surface area contributed by atoms with Crippen LogP contribution in [-0.2, 0) is 6.42 Å². The first-order valence-electron chi connectivity index (χ1n) is 6.47. The van der Waals surface area contributed by atoms with Crippen molar-refractivity contribution in [3.63, 3.8) is 0 Å². The van der Waals surface area contributed by atoms with E-state index in [1.54, 1.807) is 0 Å².